The maximum atomic E-state index is 13.0. The van der Waals surface area contributed by atoms with Crippen molar-refractivity contribution in [1.82, 2.24) is 9.97 Å². The summed E-state index contributed by atoms with van der Waals surface area (Å²) in [7, 11) is -0.772. The van der Waals surface area contributed by atoms with Gasteiger partial charge in [-0.15, -0.1) is 0 Å². The van der Waals surface area contributed by atoms with Gasteiger partial charge in [-0.3, -0.25) is 4.72 Å². The van der Waals surface area contributed by atoms with Crippen molar-refractivity contribution in [3.63, 3.8) is 0 Å². The molecule has 9 nitrogen and oxygen atoms in total. The molecule has 4 rings (SSSR count). The number of carbonyl (C=O) groups is 1. The highest BCUT2D eigenvalue weighted by molar-refractivity contribution is 7.92. The predicted molar refractivity (Wildman–Crippen MR) is 132 cm³/mol. The minimum atomic E-state index is -3.88. The Labute approximate surface area is 203 Å². The Morgan fingerprint density at radius 3 is 2.31 bits per heavy atom. The zero-order valence-electron chi connectivity index (χ0n) is 19.7. The second kappa shape index (κ2) is 9.67. The number of methoxy groups -OCH3 is 2. The van der Waals surface area contributed by atoms with E-state index in [1.54, 1.807) is 46.3 Å². The molecule has 0 fully saturated rings. The Morgan fingerprint density at radius 2 is 1.66 bits per heavy atom. The first kappa shape index (κ1) is 24.1. The fourth-order valence-electron chi connectivity index (χ4n) is 3.45. The van der Waals surface area contributed by atoms with Gasteiger partial charge in [-0.05, 0) is 74.5 Å². The molecule has 2 N–H and O–H groups in total. The summed E-state index contributed by atoms with van der Waals surface area (Å²) < 4.78 is 44.2. The van der Waals surface area contributed by atoms with Crippen LogP contribution in [-0.2, 0) is 14.8 Å². The van der Waals surface area contributed by atoms with E-state index in [1.165, 1.54) is 36.4 Å². The van der Waals surface area contributed by atoms with E-state index in [9.17, 15) is 13.2 Å². The van der Waals surface area contributed by atoms with Crippen LogP contribution in [0.25, 0.3) is 22.4 Å². The number of aromatic amines is 1. The molecular weight excluding hydrogens is 470 g/mol. The van der Waals surface area contributed by atoms with Crippen molar-refractivity contribution in [2.45, 2.75) is 24.8 Å². The van der Waals surface area contributed by atoms with E-state index < -0.39 is 16.0 Å². The minimum Gasteiger partial charge on any atom is -0.493 e. The summed E-state index contributed by atoms with van der Waals surface area (Å²) in [4.78, 5) is 19.8. The molecule has 0 aliphatic heterocycles. The summed E-state index contributed by atoms with van der Waals surface area (Å²) in [6.07, 6.45) is -0.245. The molecule has 0 saturated carbocycles. The molecule has 3 aromatic carbocycles. The number of hydrogen-bond donors (Lipinski definition) is 2. The number of rotatable bonds is 8. The van der Waals surface area contributed by atoms with Crippen LogP contribution >= 0.6 is 0 Å². The highest BCUT2D eigenvalue weighted by atomic mass is 32.2. The van der Waals surface area contributed by atoms with E-state index in [2.05, 4.69) is 14.7 Å². The van der Waals surface area contributed by atoms with E-state index in [-0.39, 0.29) is 11.0 Å². The van der Waals surface area contributed by atoms with E-state index in [0.29, 0.717) is 39.6 Å². The fourth-order valence-corrected chi connectivity index (χ4v) is 4.53. The third-order valence-corrected chi connectivity index (χ3v) is 6.52. The lowest BCUT2D eigenvalue weighted by Gasteiger charge is -2.10. The highest BCUT2D eigenvalue weighted by Crippen LogP contribution is 2.32. The highest BCUT2D eigenvalue weighted by Gasteiger charge is 2.17. The number of fused-ring (bicyclic) bond motifs is 1. The van der Waals surface area contributed by atoms with Gasteiger partial charge in [-0.2, -0.15) is 0 Å². The normalized spacial score (nSPS) is 11.5. The lowest BCUT2D eigenvalue weighted by atomic mass is 10.2. The van der Waals surface area contributed by atoms with Gasteiger partial charge in [-0.25, -0.2) is 18.2 Å². The molecule has 0 saturated heterocycles. The molecule has 0 amide bonds. The number of imidazole rings is 1. The summed E-state index contributed by atoms with van der Waals surface area (Å²) in [6.45, 7) is 3.52. The van der Waals surface area contributed by atoms with Gasteiger partial charge in [-0.1, -0.05) is 0 Å². The van der Waals surface area contributed by atoms with Crippen molar-refractivity contribution in [1.29, 1.82) is 0 Å². The van der Waals surface area contributed by atoms with Gasteiger partial charge in [0.05, 0.1) is 41.8 Å². The number of nitrogens with one attached hydrogen (secondary N) is 2. The monoisotopic (exact) mass is 495 g/mol. The summed E-state index contributed by atoms with van der Waals surface area (Å²) in [5, 5.41) is 0. The number of carbonyl (C=O) groups excluding carboxylic acids is 1. The van der Waals surface area contributed by atoms with Crippen LogP contribution in [0.2, 0.25) is 0 Å². The smallest absolute Gasteiger partial charge is 0.338 e. The van der Waals surface area contributed by atoms with Gasteiger partial charge in [0.25, 0.3) is 10.0 Å². The topological polar surface area (TPSA) is 120 Å². The Morgan fingerprint density at radius 1 is 0.943 bits per heavy atom. The number of ether oxygens (including phenoxy) is 3. The molecule has 0 aliphatic carbocycles. The second-order valence-corrected chi connectivity index (χ2v) is 9.65. The van der Waals surface area contributed by atoms with Crippen molar-refractivity contribution in [2.24, 2.45) is 0 Å². The number of esters is 1. The van der Waals surface area contributed by atoms with Gasteiger partial charge >= 0.3 is 5.97 Å². The van der Waals surface area contributed by atoms with E-state index in [1.807, 2.05) is 6.07 Å². The fraction of sp³-hybridized carbons (Fsp3) is 0.200. The van der Waals surface area contributed by atoms with Crippen molar-refractivity contribution in [2.75, 3.05) is 18.9 Å². The Balaban J connectivity index is 1.57. The quantitative estimate of drug-likeness (QED) is 0.343. The zero-order chi connectivity index (χ0) is 25.2. The molecule has 0 radical (unpaired) electrons. The maximum absolute atomic E-state index is 13.0. The molecule has 0 atom stereocenters. The molecule has 1 aromatic heterocycles. The average molecular weight is 496 g/mol. The van der Waals surface area contributed by atoms with Crippen molar-refractivity contribution in [3.05, 3.63) is 66.2 Å². The third kappa shape index (κ3) is 5.22. The van der Waals surface area contributed by atoms with Crippen molar-refractivity contribution >= 4 is 32.7 Å². The predicted octanol–water partition coefficient (Wildman–Crippen LogP) is 4.61. The minimum absolute atomic E-state index is 0.0656. The molecule has 4 aromatic rings. The van der Waals surface area contributed by atoms with Gasteiger partial charge in [0.15, 0.2) is 11.5 Å². The van der Waals surface area contributed by atoms with Crippen molar-refractivity contribution in [3.8, 4) is 22.9 Å². The number of anilines is 1. The number of sulfonamides is 1. The summed E-state index contributed by atoms with van der Waals surface area (Å²) in [5.74, 6) is 1.25. The second-order valence-electron chi connectivity index (χ2n) is 7.97. The molecule has 0 spiro atoms. The first-order valence-electron chi connectivity index (χ1n) is 10.8. The Kier molecular flexibility index (Phi) is 6.65. The van der Waals surface area contributed by atoms with Gasteiger partial charge in [0, 0.05) is 11.3 Å². The summed E-state index contributed by atoms with van der Waals surface area (Å²) in [5.41, 5.74) is 2.59. The largest absolute Gasteiger partial charge is 0.493 e. The molecule has 0 aliphatic rings. The third-order valence-electron chi connectivity index (χ3n) is 5.14. The van der Waals surface area contributed by atoms with Crippen LogP contribution in [0, 0.1) is 0 Å². The van der Waals surface area contributed by atoms with Crippen LogP contribution in [0.5, 0.6) is 11.5 Å². The van der Waals surface area contributed by atoms with Crippen LogP contribution in [0.1, 0.15) is 24.2 Å². The molecular formula is C25H25N3O6S. The van der Waals surface area contributed by atoms with Crippen LogP contribution in [0.4, 0.5) is 5.69 Å². The first-order chi connectivity index (χ1) is 16.7. The molecule has 0 bridgehead atoms. The average Bonchev–Trinajstić information content (AvgIpc) is 3.27. The van der Waals surface area contributed by atoms with Gasteiger partial charge in [0.1, 0.15) is 5.82 Å². The standard InChI is InChI=1S/C25H25N3O6S/c1-15(2)34-25(29)16-5-8-18(9-6-16)28-35(30,31)19-10-11-20-21(14-19)27-24(26-20)17-7-12-22(32-3)23(13-17)33-4/h5-15,28H,1-4H3,(H,26,27). The van der Waals surface area contributed by atoms with Crippen LogP contribution in [-0.4, -0.2) is 44.7 Å². The Hall–Kier alpha value is -4.05. The maximum Gasteiger partial charge on any atom is 0.338 e. The van der Waals surface area contributed by atoms with Gasteiger partial charge in [0.2, 0.25) is 0 Å². The van der Waals surface area contributed by atoms with Crippen molar-refractivity contribution < 1.29 is 27.4 Å². The molecule has 0 unspecified atom stereocenters. The number of benzene rings is 3. The number of hydrogen-bond acceptors (Lipinski definition) is 7. The number of aromatic nitrogens is 2. The molecule has 1 heterocycles. The van der Waals surface area contributed by atoms with E-state index in [0.717, 1.165) is 5.56 Å². The van der Waals surface area contributed by atoms with Crippen LogP contribution < -0.4 is 14.2 Å². The summed E-state index contributed by atoms with van der Waals surface area (Å²) >= 11 is 0. The lowest BCUT2D eigenvalue weighted by Crippen LogP contribution is -2.14. The number of nitrogens with zero attached hydrogens (tertiary/aromatic N) is 1. The van der Waals surface area contributed by atoms with Gasteiger partial charge < -0.3 is 19.2 Å². The van der Waals surface area contributed by atoms with Crippen LogP contribution in [0.3, 0.4) is 0 Å². The van der Waals surface area contributed by atoms with E-state index in [4.69, 9.17) is 14.2 Å². The summed E-state index contributed by atoms with van der Waals surface area (Å²) in [6, 6.07) is 16.1. The first-order valence-corrected chi connectivity index (χ1v) is 12.2. The molecule has 182 valence electrons. The molecule has 35 heavy (non-hydrogen) atoms. The Bertz CT molecular complexity index is 1480. The van der Waals surface area contributed by atoms with E-state index >= 15 is 0 Å². The van der Waals surface area contributed by atoms with Crippen LogP contribution in [0.15, 0.2) is 65.6 Å². The SMILES string of the molecule is COc1ccc(-c2nc3ccc(S(=O)(=O)Nc4ccc(C(=O)OC(C)C)cc4)cc3[nH]2)cc1OC. The molecule has 10 heteroatoms. The lowest BCUT2D eigenvalue weighted by molar-refractivity contribution is 0.0378. The number of H-pyrrole nitrogens is 1. The zero-order valence-corrected chi connectivity index (χ0v) is 20.5.